The summed E-state index contributed by atoms with van der Waals surface area (Å²) in [5, 5.41) is 17.7. The Hall–Kier alpha value is -3.22. The molecule has 4 rings (SSSR count). The molecule has 2 atom stereocenters. The summed E-state index contributed by atoms with van der Waals surface area (Å²) in [5.74, 6) is -2.48. The zero-order valence-corrected chi connectivity index (χ0v) is 20.6. The smallest absolute Gasteiger partial charge is 0.341 e. The van der Waals surface area contributed by atoms with Gasteiger partial charge < -0.3 is 40.8 Å². The number of nitrogens with two attached hydrogens (primary N) is 2. The molecule has 0 amide bonds. The number of anilines is 1. The summed E-state index contributed by atoms with van der Waals surface area (Å²) >= 11 is 0. The molecule has 2 aromatic rings. The summed E-state index contributed by atoms with van der Waals surface area (Å²) in [5.41, 5.74) is 10.2. The predicted octanol–water partition coefficient (Wildman–Crippen LogP) is 1.07. The largest absolute Gasteiger partial charge is 0.487 e. The molecule has 2 aliphatic heterocycles. The zero-order chi connectivity index (χ0) is 26.6. The van der Waals surface area contributed by atoms with Crippen LogP contribution in [0.25, 0.3) is 10.9 Å². The molecular weight excluding hydrogens is 473 g/mol. The van der Waals surface area contributed by atoms with E-state index in [2.05, 4.69) is 4.90 Å². The van der Waals surface area contributed by atoms with Crippen molar-refractivity contribution in [2.24, 2.45) is 11.5 Å². The van der Waals surface area contributed by atoms with Crippen LogP contribution >= 0.6 is 0 Å². The third-order valence-electron chi connectivity index (χ3n) is 6.48. The van der Waals surface area contributed by atoms with E-state index in [1.807, 2.05) is 18.9 Å². The van der Waals surface area contributed by atoms with Crippen LogP contribution < -0.4 is 26.5 Å². The van der Waals surface area contributed by atoms with Crippen molar-refractivity contribution in [2.75, 3.05) is 51.3 Å². The van der Waals surface area contributed by atoms with E-state index in [-0.39, 0.29) is 23.6 Å². The summed E-state index contributed by atoms with van der Waals surface area (Å²) in [6.07, 6.45) is 3.51. The van der Waals surface area contributed by atoms with Gasteiger partial charge in [0.05, 0.1) is 16.9 Å². The van der Waals surface area contributed by atoms with Gasteiger partial charge in [-0.15, -0.1) is 0 Å². The molecule has 6 N–H and O–H groups in total. The van der Waals surface area contributed by atoms with Crippen molar-refractivity contribution in [1.29, 1.82) is 0 Å². The maximum Gasteiger partial charge on any atom is 0.341 e. The topological polar surface area (TPSA) is 164 Å². The lowest BCUT2D eigenvalue weighted by Crippen LogP contribution is -2.45. The van der Waals surface area contributed by atoms with E-state index in [0.29, 0.717) is 43.0 Å². The highest BCUT2D eigenvalue weighted by Gasteiger charge is 2.30. The SMILES string of the molecule is C[C@H]1COc2c(N3CCN(C)CC3)c(F)cc3c(=O)c(C(=O)O)cn1c23.NCCCC[C@H](N)C(=O)O. The molecule has 1 saturated heterocycles. The van der Waals surface area contributed by atoms with Gasteiger partial charge in [-0.05, 0) is 39.4 Å². The summed E-state index contributed by atoms with van der Waals surface area (Å²) in [4.78, 5) is 38.2. The molecule has 0 unspecified atom stereocenters. The second kappa shape index (κ2) is 11.7. The zero-order valence-electron chi connectivity index (χ0n) is 20.6. The van der Waals surface area contributed by atoms with Crippen molar-refractivity contribution in [3.8, 4) is 5.75 Å². The van der Waals surface area contributed by atoms with E-state index in [0.717, 1.165) is 32.0 Å². The Morgan fingerprint density at radius 2 is 1.89 bits per heavy atom. The molecule has 36 heavy (non-hydrogen) atoms. The third-order valence-corrected chi connectivity index (χ3v) is 6.48. The first-order valence-electron chi connectivity index (χ1n) is 12.0. The van der Waals surface area contributed by atoms with Gasteiger partial charge in [0.25, 0.3) is 0 Å². The predicted molar refractivity (Wildman–Crippen MR) is 134 cm³/mol. The van der Waals surface area contributed by atoms with E-state index >= 15 is 0 Å². The van der Waals surface area contributed by atoms with Gasteiger partial charge in [-0.3, -0.25) is 9.59 Å². The van der Waals surface area contributed by atoms with E-state index in [9.17, 15) is 23.9 Å². The Balaban J connectivity index is 0.000000308. The minimum absolute atomic E-state index is 0.0434. The fourth-order valence-corrected chi connectivity index (χ4v) is 4.32. The number of carboxylic acids is 2. The molecule has 0 spiro atoms. The van der Waals surface area contributed by atoms with Crippen molar-refractivity contribution in [3.63, 3.8) is 0 Å². The van der Waals surface area contributed by atoms with Crippen LogP contribution in [0, 0.1) is 5.82 Å². The lowest BCUT2D eigenvalue weighted by atomic mass is 10.1. The van der Waals surface area contributed by atoms with Crippen molar-refractivity contribution in [1.82, 2.24) is 9.47 Å². The van der Waals surface area contributed by atoms with Crippen LogP contribution in [0.5, 0.6) is 5.75 Å². The number of pyridine rings is 1. The monoisotopic (exact) mass is 507 g/mol. The summed E-state index contributed by atoms with van der Waals surface area (Å²) in [7, 11) is 2.02. The van der Waals surface area contributed by atoms with Gasteiger partial charge in [-0.1, -0.05) is 6.42 Å². The minimum atomic E-state index is -1.32. The third kappa shape index (κ3) is 5.77. The number of carbonyl (C=O) groups is 2. The number of aromatic carboxylic acids is 1. The number of aromatic nitrogens is 1. The first kappa shape index (κ1) is 27.4. The maximum absolute atomic E-state index is 15.0. The second-order valence-electron chi connectivity index (χ2n) is 9.20. The van der Waals surface area contributed by atoms with Crippen LogP contribution in [0.3, 0.4) is 0 Å². The molecule has 0 saturated carbocycles. The summed E-state index contributed by atoms with van der Waals surface area (Å²) in [6, 6.07) is 0.278. The molecule has 1 aromatic heterocycles. The minimum Gasteiger partial charge on any atom is -0.487 e. The molecule has 3 heterocycles. The van der Waals surface area contributed by atoms with Crippen molar-refractivity contribution < 1.29 is 28.9 Å². The van der Waals surface area contributed by atoms with Gasteiger partial charge in [0.15, 0.2) is 11.6 Å². The lowest BCUT2D eigenvalue weighted by Gasteiger charge is -2.37. The highest BCUT2D eigenvalue weighted by Crippen LogP contribution is 2.42. The van der Waals surface area contributed by atoms with Crippen LogP contribution in [0.4, 0.5) is 10.1 Å². The first-order chi connectivity index (χ1) is 17.1. The van der Waals surface area contributed by atoms with Crippen molar-refractivity contribution in [2.45, 2.75) is 38.3 Å². The molecule has 12 heteroatoms. The molecule has 11 nitrogen and oxygen atoms in total. The molecule has 2 aliphatic rings. The van der Waals surface area contributed by atoms with Gasteiger partial charge in [-0.2, -0.15) is 0 Å². The van der Waals surface area contributed by atoms with E-state index in [4.69, 9.17) is 21.3 Å². The van der Waals surface area contributed by atoms with Crippen molar-refractivity contribution >= 4 is 28.5 Å². The molecular formula is C24H34FN5O6. The number of benzene rings is 1. The van der Waals surface area contributed by atoms with Gasteiger partial charge in [0.2, 0.25) is 5.43 Å². The number of hydrogen-bond donors (Lipinski definition) is 4. The fraction of sp³-hybridized carbons (Fsp3) is 0.542. The van der Waals surface area contributed by atoms with Gasteiger partial charge >= 0.3 is 11.9 Å². The number of nitrogens with zero attached hydrogens (tertiary/aromatic N) is 3. The number of hydrogen-bond acceptors (Lipinski definition) is 8. The number of halogens is 1. The van der Waals surface area contributed by atoms with Crippen LogP contribution in [-0.2, 0) is 4.79 Å². The fourth-order valence-electron chi connectivity index (χ4n) is 4.32. The number of aliphatic carboxylic acids is 1. The first-order valence-corrected chi connectivity index (χ1v) is 12.0. The Labute approximate surface area is 208 Å². The summed E-state index contributed by atoms with van der Waals surface area (Å²) < 4.78 is 22.6. The Kier molecular flexibility index (Phi) is 8.88. The average Bonchev–Trinajstić information content (AvgIpc) is 2.83. The number of unbranched alkanes of at least 4 members (excludes halogenated alkanes) is 1. The quantitative estimate of drug-likeness (QED) is 0.398. The molecule has 1 aromatic carbocycles. The van der Waals surface area contributed by atoms with Gasteiger partial charge in [0, 0.05) is 32.4 Å². The van der Waals surface area contributed by atoms with E-state index in [1.165, 1.54) is 6.20 Å². The van der Waals surface area contributed by atoms with E-state index < -0.39 is 29.2 Å². The Bertz CT molecular complexity index is 1180. The lowest BCUT2D eigenvalue weighted by molar-refractivity contribution is -0.138. The van der Waals surface area contributed by atoms with Crippen molar-refractivity contribution in [3.05, 3.63) is 33.9 Å². The van der Waals surface area contributed by atoms with Crippen LogP contribution in [0.15, 0.2) is 17.1 Å². The van der Waals surface area contributed by atoms with Crippen LogP contribution in [0.1, 0.15) is 42.6 Å². The van der Waals surface area contributed by atoms with E-state index in [1.54, 1.807) is 4.57 Å². The van der Waals surface area contributed by atoms with Crippen LogP contribution in [-0.4, -0.2) is 84.0 Å². The maximum atomic E-state index is 15.0. The molecule has 0 bridgehead atoms. The standard InChI is InChI=1S/C18H20FN3O4.C6H14N2O2/c1-10-9-26-17-14-11(16(23)12(18(24)25)8-22(10)14)7-13(19)15(17)21-5-3-20(2)4-6-21;7-4-2-1-3-5(8)6(9)10/h7-8,10H,3-6,9H2,1-2H3,(H,24,25);5H,1-4,7-8H2,(H,9,10)/t10-;5-/m00/s1. The summed E-state index contributed by atoms with van der Waals surface area (Å²) in [6.45, 7) is 5.68. The molecule has 0 aliphatic carbocycles. The number of rotatable bonds is 7. The second-order valence-corrected chi connectivity index (χ2v) is 9.20. The number of ether oxygens (including phenoxy) is 1. The van der Waals surface area contributed by atoms with Gasteiger partial charge in [-0.25, -0.2) is 9.18 Å². The number of piperazine rings is 1. The van der Waals surface area contributed by atoms with Gasteiger partial charge in [0.1, 0.15) is 23.9 Å². The average molecular weight is 508 g/mol. The highest BCUT2D eigenvalue weighted by molar-refractivity contribution is 5.97. The Morgan fingerprint density at radius 1 is 1.22 bits per heavy atom. The normalized spacial score (nSPS) is 18.2. The molecule has 1 fully saturated rings. The van der Waals surface area contributed by atoms with Crippen LogP contribution in [0.2, 0.25) is 0 Å². The Morgan fingerprint density at radius 3 is 2.47 bits per heavy atom. The number of likely N-dealkylation sites (N-methyl/N-ethyl adjacent to an activating group) is 1. The number of carboxylic acid groups (broad SMARTS) is 2. The molecule has 0 radical (unpaired) electrons. The molecule has 198 valence electrons. The highest BCUT2D eigenvalue weighted by atomic mass is 19.1.